The molecular formula is C27H30N2O2S. The maximum Gasteiger partial charge on any atom is 0.168 e. The number of amidine groups is 1. The zero-order valence-electron chi connectivity index (χ0n) is 19.1. The third kappa shape index (κ3) is 4.94. The van der Waals surface area contributed by atoms with Crippen molar-refractivity contribution >= 4 is 16.9 Å². The van der Waals surface area contributed by atoms with Crippen LogP contribution >= 0.6 is 11.8 Å². The molecule has 1 heterocycles. The van der Waals surface area contributed by atoms with Crippen molar-refractivity contribution in [1.82, 2.24) is 5.32 Å². The van der Waals surface area contributed by atoms with E-state index < -0.39 is 0 Å². The molecule has 1 unspecified atom stereocenters. The van der Waals surface area contributed by atoms with Gasteiger partial charge in [0.2, 0.25) is 0 Å². The van der Waals surface area contributed by atoms with Gasteiger partial charge in [-0.3, -0.25) is 4.99 Å². The highest BCUT2D eigenvalue weighted by Crippen LogP contribution is 2.41. The van der Waals surface area contributed by atoms with Crippen LogP contribution in [-0.4, -0.2) is 31.7 Å². The number of benzene rings is 3. The first-order valence-electron chi connectivity index (χ1n) is 10.9. The van der Waals surface area contributed by atoms with Gasteiger partial charge in [0.05, 0.1) is 26.8 Å². The van der Waals surface area contributed by atoms with Crippen LogP contribution in [0.4, 0.5) is 0 Å². The van der Waals surface area contributed by atoms with Gasteiger partial charge in [0.1, 0.15) is 0 Å². The molecule has 0 saturated carbocycles. The van der Waals surface area contributed by atoms with Gasteiger partial charge in [-0.15, -0.1) is 0 Å². The summed E-state index contributed by atoms with van der Waals surface area (Å²) in [6, 6.07) is 21.4. The summed E-state index contributed by atoms with van der Waals surface area (Å²) in [4.78, 5) is 4.67. The molecule has 0 radical (unpaired) electrons. The number of nitrogens with one attached hydrogen (secondary N) is 1. The van der Waals surface area contributed by atoms with Crippen LogP contribution in [0.1, 0.15) is 28.3 Å². The summed E-state index contributed by atoms with van der Waals surface area (Å²) >= 11 is 1.79. The Bertz CT molecular complexity index is 1110. The number of thioether (sulfide) groups is 1. The van der Waals surface area contributed by atoms with E-state index in [9.17, 15) is 0 Å². The Morgan fingerprint density at radius 2 is 1.69 bits per heavy atom. The van der Waals surface area contributed by atoms with Crippen LogP contribution < -0.4 is 14.8 Å². The summed E-state index contributed by atoms with van der Waals surface area (Å²) in [7, 11) is 3.37. The average molecular weight is 447 g/mol. The lowest BCUT2D eigenvalue weighted by molar-refractivity contribution is 0.356. The molecule has 1 N–H and O–H groups in total. The summed E-state index contributed by atoms with van der Waals surface area (Å²) in [5.74, 6) is 2.51. The van der Waals surface area contributed by atoms with Gasteiger partial charge in [0.15, 0.2) is 16.7 Å². The maximum absolute atomic E-state index is 5.77. The minimum atomic E-state index is 0.0765. The molecule has 4 nitrogen and oxygen atoms in total. The van der Waals surface area contributed by atoms with E-state index in [2.05, 4.69) is 72.7 Å². The van der Waals surface area contributed by atoms with Gasteiger partial charge in [-0.05, 0) is 43.0 Å². The monoisotopic (exact) mass is 446 g/mol. The lowest BCUT2D eigenvalue weighted by atomic mass is 9.90. The first-order valence-corrected chi connectivity index (χ1v) is 11.9. The van der Waals surface area contributed by atoms with Crippen LogP contribution in [0.5, 0.6) is 11.5 Å². The van der Waals surface area contributed by atoms with Crippen LogP contribution in [-0.2, 0) is 6.42 Å². The number of hydrogen-bond donors (Lipinski definition) is 1. The van der Waals surface area contributed by atoms with Crippen molar-refractivity contribution in [2.45, 2.75) is 26.3 Å². The first-order chi connectivity index (χ1) is 15.6. The number of para-hydroxylation sites is 1. The highest BCUT2D eigenvalue weighted by molar-refractivity contribution is 8.14. The Kier molecular flexibility index (Phi) is 7.05. The van der Waals surface area contributed by atoms with Crippen molar-refractivity contribution in [2.75, 3.05) is 26.5 Å². The number of rotatable bonds is 7. The van der Waals surface area contributed by atoms with Crippen LogP contribution in [0.25, 0.3) is 11.1 Å². The topological polar surface area (TPSA) is 42.8 Å². The second-order valence-electron chi connectivity index (χ2n) is 8.06. The summed E-state index contributed by atoms with van der Waals surface area (Å²) in [6.07, 6.45) is 0.866. The predicted octanol–water partition coefficient (Wildman–Crippen LogP) is 5.96. The molecule has 32 heavy (non-hydrogen) atoms. The number of nitrogens with zero attached hydrogens (tertiary/aromatic N) is 1. The van der Waals surface area contributed by atoms with E-state index in [1.807, 2.05) is 12.1 Å². The molecule has 1 atom stereocenters. The summed E-state index contributed by atoms with van der Waals surface area (Å²) in [6.45, 7) is 5.18. The fraction of sp³-hybridized carbons (Fsp3) is 0.296. The van der Waals surface area contributed by atoms with Crippen molar-refractivity contribution in [3.63, 3.8) is 0 Å². The predicted molar refractivity (Wildman–Crippen MR) is 135 cm³/mol. The minimum absolute atomic E-state index is 0.0765. The van der Waals surface area contributed by atoms with E-state index in [0.29, 0.717) is 0 Å². The molecule has 1 aliphatic rings. The molecule has 0 bridgehead atoms. The number of aryl methyl sites for hydroxylation is 2. The smallest absolute Gasteiger partial charge is 0.168 e. The van der Waals surface area contributed by atoms with E-state index >= 15 is 0 Å². The summed E-state index contributed by atoms with van der Waals surface area (Å²) in [5, 5.41) is 4.76. The third-order valence-electron chi connectivity index (χ3n) is 5.63. The lowest BCUT2D eigenvalue weighted by Gasteiger charge is -2.24. The average Bonchev–Trinajstić information content (AvgIpc) is 3.30. The number of ether oxygens (including phenoxy) is 2. The van der Waals surface area contributed by atoms with Gasteiger partial charge in [-0.2, -0.15) is 0 Å². The molecule has 0 amide bonds. The first kappa shape index (κ1) is 22.3. The maximum atomic E-state index is 5.77. The van der Waals surface area contributed by atoms with Crippen molar-refractivity contribution in [1.29, 1.82) is 0 Å². The molecule has 1 aliphatic heterocycles. The molecule has 0 fully saturated rings. The Morgan fingerprint density at radius 1 is 0.938 bits per heavy atom. The van der Waals surface area contributed by atoms with Crippen molar-refractivity contribution in [2.24, 2.45) is 4.99 Å². The van der Waals surface area contributed by atoms with Gasteiger partial charge < -0.3 is 14.8 Å². The van der Waals surface area contributed by atoms with E-state index in [1.165, 1.54) is 22.3 Å². The highest BCUT2D eigenvalue weighted by atomic mass is 32.2. The Labute approximate surface area is 195 Å². The number of aliphatic imine (C=N–C) groups is 1. The van der Waals surface area contributed by atoms with Crippen molar-refractivity contribution in [3.8, 4) is 22.6 Å². The van der Waals surface area contributed by atoms with Gasteiger partial charge in [-0.1, -0.05) is 77.5 Å². The molecular weight excluding hydrogens is 416 g/mol. The van der Waals surface area contributed by atoms with E-state index in [0.717, 1.165) is 46.5 Å². The Hall–Kier alpha value is -2.92. The fourth-order valence-electron chi connectivity index (χ4n) is 4.38. The molecule has 5 heteroatoms. The van der Waals surface area contributed by atoms with Crippen LogP contribution in [0.3, 0.4) is 0 Å². The molecule has 4 rings (SSSR count). The minimum Gasteiger partial charge on any atom is -0.493 e. The molecule has 0 spiro atoms. The van der Waals surface area contributed by atoms with Crippen LogP contribution in [0.2, 0.25) is 0 Å². The Balaban J connectivity index is 1.80. The quantitative estimate of drug-likeness (QED) is 0.486. The molecule has 0 aromatic heterocycles. The van der Waals surface area contributed by atoms with Gasteiger partial charge in [0, 0.05) is 11.3 Å². The molecule has 0 aliphatic carbocycles. The fourth-order valence-corrected chi connectivity index (χ4v) is 5.16. The molecule has 3 aromatic carbocycles. The van der Waals surface area contributed by atoms with Crippen molar-refractivity contribution in [3.05, 3.63) is 82.9 Å². The van der Waals surface area contributed by atoms with Crippen LogP contribution in [0.15, 0.2) is 65.7 Å². The zero-order chi connectivity index (χ0) is 22.5. The largest absolute Gasteiger partial charge is 0.493 e. The van der Waals surface area contributed by atoms with Crippen LogP contribution in [0, 0.1) is 13.8 Å². The standard InChI is InChI=1S/C27H30N2O2S/c1-18-14-19(2)16-20(15-18)17-24(29-27-28-12-13-32-27)22-9-6-5-8-21(22)23-10-7-11-25(30-3)26(23)31-4/h5-11,14-16,24H,12-13,17H2,1-4H3,(H,28,29). The van der Waals surface area contributed by atoms with Gasteiger partial charge in [-0.25, -0.2) is 0 Å². The molecule has 0 saturated heterocycles. The third-order valence-corrected chi connectivity index (χ3v) is 6.54. The Morgan fingerprint density at radius 3 is 2.38 bits per heavy atom. The van der Waals surface area contributed by atoms with E-state index in [-0.39, 0.29) is 6.04 Å². The second-order valence-corrected chi connectivity index (χ2v) is 9.14. The molecule has 166 valence electrons. The van der Waals surface area contributed by atoms with Crippen molar-refractivity contribution < 1.29 is 9.47 Å². The SMILES string of the molecule is COc1cccc(-c2ccccc2C(Cc2cc(C)cc(C)c2)NC2=NCCS2)c1OC. The lowest BCUT2D eigenvalue weighted by Crippen LogP contribution is -2.27. The zero-order valence-corrected chi connectivity index (χ0v) is 20.0. The number of methoxy groups -OCH3 is 2. The summed E-state index contributed by atoms with van der Waals surface area (Å²) < 4.78 is 11.3. The van der Waals surface area contributed by atoms with E-state index in [4.69, 9.17) is 9.47 Å². The summed E-state index contributed by atoms with van der Waals surface area (Å²) in [5.41, 5.74) is 7.26. The van der Waals surface area contributed by atoms with Gasteiger partial charge >= 0.3 is 0 Å². The van der Waals surface area contributed by atoms with Gasteiger partial charge in [0.25, 0.3) is 0 Å². The second kappa shape index (κ2) is 10.1. The highest BCUT2D eigenvalue weighted by Gasteiger charge is 2.22. The van der Waals surface area contributed by atoms with E-state index in [1.54, 1.807) is 26.0 Å². The normalized spacial score (nSPS) is 14.1. The molecule has 3 aromatic rings. The number of hydrogen-bond acceptors (Lipinski definition) is 5.